The highest BCUT2D eigenvalue weighted by Crippen LogP contribution is 2.27. The largest absolute Gasteiger partial charge is 0.493 e. The molecule has 0 saturated heterocycles. The van der Waals surface area contributed by atoms with Crippen LogP contribution in [0.4, 0.5) is 5.69 Å². The average Bonchev–Trinajstić information content (AvgIpc) is 3.27. The summed E-state index contributed by atoms with van der Waals surface area (Å²) in [6, 6.07) is 14.0. The first-order chi connectivity index (χ1) is 15.2. The maximum atomic E-state index is 12.5. The quantitative estimate of drug-likeness (QED) is 0.458. The van der Waals surface area contributed by atoms with Gasteiger partial charge in [-0.1, -0.05) is 12.1 Å². The molecule has 0 fully saturated rings. The predicted octanol–water partition coefficient (Wildman–Crippen LogP) is 2.60. The zero-order chi connectivity index (χ0) is 23.3. The molecule has 0 aliphatic carbocycles. The summed E-state index contributed by atoms with van der Waals surface area (Å²) in [4.78, 5) is 25.5. The highest BCUT2D eigenvalue weighted by Gasteiger charge is 2.15. The van der Waals surface area contributed by atoms with Gasteiger partial charge in [0.1, 0.15) is 0 Å². The van der Waals surface area contributed by atoms with Crippen LogP contribution < -0.4 is 25.2 Å². The number of carbonyl (C=O) groups excluding carboxylic acids is 2. The molecule has 0 unspecified atom stereocenters. The second kappa shape index (κ2) is 9.81. The number of methoxy groups -OCH3 is 2. The summed E-state index contributed by atoms with van der Waals surface area (Å²) in [5.41, 5.74) is 1.09. The topological polar surface area (TPSA) is 137 Å². The maximum absolute atomic E-state index is 12.5. The Hall–Kier alpha value is -3.41. The Kier molecular flexibility index (Phi) is 7.13. The lowest BCUT2D eigenvalue weighted by atomic mass is 10.2. The number of nitrogens with one attached hydrogen (secondary N) is 2. The summed E-state index contributed by atoms with van der Waals surface area (Å²) in [7, 11) is -0.813. The number of sulfonamides is 1. The molecule has 2 aromatic carbocycles. The van der Waals surface area contributed by atoms with E-state index < -0.39 is 15.9 Å². The van der Waals surface area contributed by atoms with Gasteiger partial charge >= 0.3 is 0 Å². The Morgan fingerprint density at radius 1 is 0.938 bits per heavy atom. The number of rotatable bonds is 8. The summed E-state index contributed by atoms with van der Waals surface area (Å²) in [6.07, 6.45) is 0. The number of anilines is 1. The minimum Gasteiger partial charge on any atom is -0.493 e. The van der Waals surface area contributed by atoms with E-state index in [1.807, 2.05) is 6.07 Å². The molecule has 3 rings (SSSR count). The molecule has 0 aliphatic heterocycles. The van der Waals surface area contributed by atoms with Gasteiger partial charge in [-0.2, -0.15) is 0 Å². The average molecular weight is 476 g/mol. The third kappa shape index (κ3) is 5.63. The van der Waals surface area contributed by atoms with Crippen molar-refractivity contribution >= 4 is 38.9 Å². The van der Waals surface area contributed by atoms with Crippen molar-refractivity contribution in [1.82, 2.24) is 5.32 Å². The standard InChI is InChI=1S/C21H21N3O6S2/c1-29-16-7-6-13(10-17(16)30-2)12-23-20(25)18-8-9-19(31-18)21(26)24-14-4-3-5-15(11-14)32(22,27)28/h3-11H,12H2,1-2H3,(H,23,25)(H,24,26)(H2,22,27,28). The fraction of sp³-hybridized carbons (Fsp3) is 0.143. The summed E-state index contributed by atoms with van der Waals surface area (Å²) in [5.74, 6) is 0.340. The Morgan fingerprint density at radius 2 is 1.62 bits per heavy atom. The minimum absolute atomic E-state index is 0.114. The zero-order valence-corrected chi connectivity index (χ0v) is 18.9. The molecule has 0 bridgehead atoms. The number of thiophene rings is 1. The number of primary sulfonamides is 1. The molecule has 32 heavy (non-hydrogen) atoms. The van der Waals surface area contributed by atoms with E-state index in [1.54, 1.807) is 25.3 Å². The number of amides is 2. The van der Waals surface area contributed by atoms with Gasteiger partial charge in [-0.15, -0.1) is 11.3 Å². The van der Waals surface area contributed by atoms with Crippen molar-refractivity contribution in [3.63, 3.8) is 0 Å². The van der Waals surface area contributed by atoms with Gasteiger partial charge < -0.3 is 20.1 Å². The minimum atomic E-state index is -3.89. The molecule has 4 N–H and O–H groups in total. The molecule has 0 aliphatic rings. The van der Waals surface area contributed by atoms with Crippen LogP contribution in [0.5, 0.6) is 11.5 Å². The van der Waals surface area contributed by atoms with Crippen molar-refractivity contribution in [2.24, 2.45) is 5.14 Å². The van der Waals surface area contributed by atoms with Crippen LogP contribution in [0.25, 0.3) is 0 Å². The SMILES string of the molecule is COc1ccc(CNC(=O)c2ccc(C(=O)Nc3cccc(S(N)(=O)=O)c3)s2)cc1OC. The number of hydrogen-bond donors (Lipinski definition) is 3. The first-order valence-electron chi connectivity index (χ1n) is 9.24. The van der Waals surface area contributed by atoms with Crippen molar-refractivity contribution in [2.45, 2.75) is 11.4 Å². The molecule has 168 valence electrons. The third-order valence-electron chi connectivity index (χ3n) is 4.38. The number of carbonyl (C=O) groups is 2. The lowest BCUT2D eigenvalue weighted by molar-refractivity contribution is 0.0954. The highest BCUT2D eigenvalue weighted by atomic mass is 32.2. The maximum Gasteiger partial charge on any atom is 0.265 e. The van der Waals surface area contributed by atoms with Crippen LogP contribution in [-0.4, -0.2) is 34.5 Å². The van der Waals surface area contributed by atoms with Gasteiger partial charge in [-0.05, 0) is 48.0 Å². The lowest BCUT2D eigenvalue weighted by Gasteiger charge is -2.10. The highest BCUT2D eigenvalue weighted by molar-refractivity contribution is 7.89. The summed E-state index contributed by atoms with van der Waals surface area (Å²) >= 11 is 1.02. The van der Waals surface area contributed by atoms with Gasteiger partial charge in [0.15, 0.2) is 11.5 Å². The van der Waals surface area contributed by atoms with Crippen molar-refractivity contribution in [3.8, 4) is 11.5 Å². The number of ether oxygens (including phenoxy) is 2. The van der Waals surface area contributed by atoms with E-state index in [0.717, 1.165) is 16.9 Å². The van der Waals surface area contributed by atoms with Crippen LogP contribution in [0.1, 0.15) is 24.9 Å². The van der Waals surface area contributed by atoms with Crippen LogP contribution in [0, 0.1) is 0 Å². The number of nitrogens with two attached hydrogens (primary N) is 1. The summed E-state index contributed by atoms with van der Waals surface area (Å²) in [5, 5.41) is 10.5. The van der Waals surface area contributed by atoms with Crippen molar-refractivity contribution in [2.75, 3.05) is 19.5 Å². The molecule has 9 nitrogen and oxygen atoms in total. The second-order valence-corrected chi connectivity index (χ2v) is 9.21. The van der Waals surface area contributed by atoms with Gasteiger partial charge in [0, 0.05) is 12.2 Å². The Balaban J connectivity index is 1.64. The van der Waals surface area contributed by atoms with Gasteiger partial charge in [0.05, 0.1) is 28.9 Å². The van der Waals surface area contributed by atoms with E-state index in [9.17, 15) is 18.0 Å². The first kappa shape index (κ1) is 23.3. The molecule has 0 radical (unpaired) electrons. The molecule has 11 heteroatoms. The smallest absolute Gasteiger partial charge is 0.265 e. The zero-order valence-electron chi connectivity index (χ0n) is 17.2. The molecular formula is C21H21N3O6S2. The molecule has 0 saturated carbocycles. The molecule has 1 heterocycles. The summed E-state index contributed by atoms with van der Waals surface area (Å²) < 4.78 is 33.4. The van der Waals surface area contributed by atoms with Gasteiger partial charge in [0.2, 0.25) is 10.0 Å². The van der Waals surface area contributed by atoms with Crippen LogP contribution in [0.2, 0.25) is 0 Å². The van der Waals surface area contributed by atoms with E-state index in [2.05, 4.69) is 10.6 Å². The van der Waals surface area contributed by atoms with Gasteiger partial charge in [0.25, 0.3) is 11.8 Å². The Bertz CT molecular complexity index is 1250. The van der Waals surface area contributed by atoms with E-state index >= 15 is 0 Å². The third-order valence-corrected chi connectivity index (χ3v) is 6.37. The summed E-state index contributed by atoms with van der Waals surface area (Å²) in [6.45, 7) is 0.263. The van der Waals surface area contributed by atoms with Gasteiger partial charge in [-0.25, -0.2) is 13.6 Å². The molecule has 0 spiro atoms. The fourth-order valence-corrected chi connectivity index (χ4v) is 4.16. The normalized spacial score (nSPS) is 11.0. The van der Waals surface area contributed by atoms with Crippen molar-refractivity contribution < 1.29 is 27.5 Å². The predicted molar refractivity (Wildman–Crippen MR) is 121 cm³/mol. The first-order valence-corrected chi connectivity index (χ1v) is 11.6. The molecule has 2 amide bonds. The second-order valence-electron chi connectivity index (χ2n) is 6.56. The van der Waals surface area contributed by atoms with E-state index in [-0.39, 0.29) is 23.0 Å². The Labute approximate surface area is 189 Å². The van der Waals surface area contributed by atoms with E-state index in [4.69, 9.17) is 14.6 Å². The van der Waals surface area contributed by atoms with Crippen LogP contribution in [0.15, 0.2) is 59.5 Å². The number of hydrogen-bond acceptors (Lipinski definition) is 7. The van der Waals surface area contributed by atoms with E-state index in [1.165, 1.54) is 37.4 Å². The van der Waals surface area contributed by atoms with Gasteiger partial charge in [-0.3, -0.25) is 9.59 Å². The molecule has 3 aromatic rings. The van der Waals surface area contributed by atoms with Crippen LogP contribution in [0.3, 0.4) is 0 Å². The van der Waals surface area contributed by atoms with Crippen LogP contribution >= 0.6 is 11.3 Å². The molecule has 1 aromatic heterocycles. The molecular weight excluding hydrogens is 454 g/mol. The van der Waals surface area contributed by atoms with Crippen molar-refractivity contribution in [1.29, 1.82) is 0 Å². The monoisotopic (exact) mass is 475 g/mol. The van der Waals surface area contributed by atoms with Crippen molar-refractivity contribution in [3.05, 3.63) is 69.9 Å². The van der Waals surface area contributed by atoms with E-state index in [0.29, 0.717) is 21.3 Å². The lowest BCUT2D eigenvalue weighted by Crippen LogP contribution is -2.21. The fourth-order valence-electron chi connectivity index (χ4n) is 2.79. The number of benzene rings is 2. The van der Waals surface area contributed by atoms with Crippen LogP contribution in [-0.2, 0) is 16.6 Å². The molecule has 0 atom stereocenters. The Morgan fingerprint density at radius 3 is 2.28 bits per heavy atom.